The second-order valence-electron chi connectivity index (χ2n) is 8.78. The summed E-state index contributed by atoms with van der Waals surface area (Å²) in [4.78, 5) is 8.36. The predicted octanol–water partition coefficient (Wildman–Crippen LogP) is 3.88. The molecule has 1 aromatic carbocycles. The molecule has 11 nitrogen and oxygen atoms in total. The molecule has 1 N–H and O–H groups in total. The van der Waals surface area contributed by atoms with E-state index in [0.717, 1.165) is 6.42 Å². The number of anilines is 1. The monoisotopic (exact) mass is 552 g/mol. The number of hydrogen-bond acceptors (Lipinski definition) is 9. The Morgan fingerprint density at radius 1 is 1.03 bits per heavy atom. The molecule has 3 aromatic rings. The van der Waals surface area contributed by atoms with Crippen molar-refractivity contribution in [3.63, 3.8) is 0 Å². The first-order valence-corrected chi connectivity index (χ1v) is 13.7. The van der Waals surface area contributed by atoms with Crippen molar-refractivity contribution >= 4 is 27.6 Å². The van der Waals surface area contributed by atoms with Crippen LogP contribution >= 0.6 is 11.6 Å². The minimum atomic E-state index is -3.96. The minimum Gasteiger partial charge on any atom is -0.494 e. The molecule has 3 atom stereocenters. The third-order valence-electron chi connectivity index (χ3n) is 6.18. The molecule has 0 fully saturated rings. The predicted molar refractivity (Wildman–Crippen MR) is 141 cm³/mol. The van der Waals surface area contributed by atoms with E-state index in [1.807, 2.05) is 0 Å². The van der Waals surface area contributed by atoms with Gasteiger partial charge in [0.05, 0.1) is 24.5 Å². The van der Waals surface area contributed by atoms with Crippen molar-refractivity contribution in [2.24, 2.45) is 5.92 Å². The second-order valence-corrected chi connectivity index (χ2v) is 11.3. The largest absolute Gasteiger partial charge is 0.494 e. The number of methoxy groups -OCH3 is 3. The van der Waals surface area contributed by atoms with Crippen LogP contribution in [-0.2, 0) is 21.2 Å². The zero-order valence-corrected chi connectivity index (χ0v) is 23.4. The third kappa shape index (κ3) is 6.68. The Bertz CT molecular complexity index is 1260. The Balaban J connectivity index is 2.04. The zero-order valence-electron chi connectivity index (χ0n) is 21.8. The fourth-order valence-corrected chi connectivity index (χ4v) is 5.12. The van der Waals surface area contributed by atoms with E-state index >= 15 is 0 Å². The second kappa shape index (κ2) is 12.5. The molecule has 0 bridgehead atoms. The van der Waals surface area contributed by atoms with Crippen molar-refractivity contribution in [2.75, 3.05) is 32.7 Å². The minimum absolute atomic E-state index is 0.0211. The summed E-state index contributed by atoms with van der Waals surface area (Å²) in [6.07, 6.45) is 4.19. The van der Waals surface area contributed by atoms with Crippen molar-refractivity contribution in [3.05, 3.63) is 47.3 Å². The van der Waals surface area contributed by atoms with Gasteiger partial charge < -0.3 is 14.2 Å². The van der Waals surface area contributed by atoms with Crippen LogP contribution in [0.15, 0.2) is 30.6 Å². The van der Waals surface area contributed by atoms with Crippen LogP contribution in [0.4, 0.5) is 5.95 Å². The molecule has 2 heterocycles. The van der Waals surface area contributed by atoms with Gasteiger partial charge in [-0.2, -0.15) is 0 Å². The molecule has 0 saturated carbocycles. The van der Waals surface area contributed by atoms with Crippen LogP contribution in [0.3, 0.4) is 0 Å². The zero-order chi connectivity index (χ0) is 27.2. The van der Waals surface area contributed by atoms with Crippen LogP contribution in [0.5, 0.6) is 11.5 Å². The lowest BCUT2D eigenvalue weighted by atomic mass is 10.0. The molecule has 0 spiro atoms. The number of benzene rings is 1. The summed E-state index contributed by atoms with van der Waals surface area (Å²) in [7, 11) is 0.756. The Morgan fingerprint density at radius 2 is 1.65 bits per heavy atom. The van der Waals surface area contributed by atoms with Gasteiger partial charge in [-0.05, 0) is 31.4 Å². The summed E-state index contributed by atoms with van der Waals surface area (Å²) < 4.78 is 47.6. The summed E-state index contributed by atoms with van der Waals surface area (Å²) in [6.45, 7) is 5.99. The maximum Gasteiger partial charge on any atom is 0.243 e. The van der Waals surface area contributed by atoms with Gasteiger partial charge in [0.25, 0.3) is 0 Å². The summed E-state index contributed by atoms with van der Waals surface area (Å²) in [5.41, 5.74) is 0.492. The Kier molecular flexibility index (Phi) is 9.68. The van der Waals surface area contributed by atoms with E-state index in [0.29, 0.717) is 46.9 Å². The number of nitrogens with zero attached hydrogens (tertiary/aromatic N) is 5. The van der Waals surface area contributed by atoms with Crippen molar-refractivity contribution < 1.29 is 22.6 Å². The normalized spacial score (nSPS) is 14.1. The van der Waals surface area contributed by atoms with Gasteiger partial charge in [-0.25, -0.2) is 18.4 Å². The van der Waals surface area contributed by atoms with Crippen molar-refractivity contribution in [1.29, 1.82) is 0 Å². The molecular formula is C24H33ClN6O5S. The maximum atomic E-state index is 13.5. The summed E-state index contributed by atoms with van der Waals surface area (Å²) >= 11 is 5.88. The van der Waals surface area contributed by atoms with Gasteiger partial charge in [0.15, 0.2) is 0 Å². The molecule has 0 radical (unpaired) electrons. The van der Waals surface area contributed by atoms with E-state index in [1.54, 1.807) is 43.7 Å². The van der Waals surface area contributed by atoms with Crippen LogP contribution in [0.1, 0.15) is 44.8 Å². The fourth-order valence-electron chi connectivity index (χ4n) is 3.79. The van der Waals surface area contributed by atoms with Gasteiger partial charge in [-0.15, -0.1) is 10.2 Å². The highest BCUT2D eigenvalue weighted by molar-refractivity contribution is 7.93. The topological polar surface area (TPSA) is 130 Å². The molecule has 2 aromatic heterocycles. The first-order valence-electron chi connectivity index (χ1n) is 11.8. The lowest BCUT2D eigenvalue weighted by Crippen LogP contribution is -2.31. The molecule has 0 saturated heterocycles. The molecule has 0 aliphatic carbocycles. The fraction of sp³-hybridized carbons (Fsp3) is 0.500. The van der Waals surface area contributed by atoms with Crippen LogP contribution in [-0.4, -0.2) is 66.3 Å². The molecule has 13 heteroatoms. The summed E-state index contributed by atoms with van der Waals surface area (Å²) in [5, 5.41) is 8.03. The van der Waals surface area contributed by atoms with Gasteiger partial charge in [-0.3, -0.25) is 9.29 Å². The Labute approximate surface area is 222 Å². The molecule has 0 aliphatic heterocycles. The van der Waals surface area contributed by atoms with Gasteiger partial charge in [0, 0.05) is 38.4 Å². The van der Waals surface area contributed by atoms with E-state index in [1.165, 1.54) is 26.6 Å². The molecular weight excluding hydrogens is 520 g/mol. The quantitative estimate of drug-likeness (QED) is 0.335. The van der Waals surface area contributed by atoms with Gasteiger partial charge in [0.1, 0.15) is 28.8 Å². The number of aromatic nitrogens is 5. The summed E-state index contributed by atoms with van der Waals surface area (Å²) in [6, 6.07) is 5.31. The number of sulfonamides is 1. The lowest BCUT2D eigenvalue weighted by molar-refractivity contribution is 0.179. The van der Waals surface area contributed by atoms with Crippen LogP contribution in [0, 0.1) is 5.92 Å². The standard InChI is InChI=1S/C24H33ClN6O5S/c1-15(10-11-34-4)12-21-28-29-24(31(21)22-19(35-5)8-7-9-20(22)36-6)30-37(32,33)17(3)16(2)23-26-13-18(25)14-27-23/h7-9,13-17H,10-12H2,1-6H3,(H,29,30)/t15-,16+,17+/m1/s1. The molecule has 202 valence electrons. The van der Waals surface area contributed by atoms with E-state index in [-0.39, 0.29) is 11.9 Å². The number of hydrogen-bond donors (Lipinski definition) is 1. The first-order chi connectivity index (χ1) is 17.6. The van der Waals surface area contributed by atoms with Crippen molar-refractivity contribution in [1.82, 2.24) is 24.7 Å². The maximum absolute atomic E-state index is 13.5. The van der Waals surface area contributed by atoms with Crippen LogP contribution < -0.4 is 14.2 Å². The Morgan fingerprint density at radius 3 is 2.22 bits per heavy atom. The average Bonchev–Trinajstić information content (AvgIpc) is 3.26. The van der Waals surface area contributed by atoms with Crippen LogP contribution in [0.25, 0.3) is 5.69 Å². The first kappa shape index (κ1) is 28.6. The SMILES string of the molecule is COCC[C@@H](C)Cc1nnc(NS(=O)(=O)[C@@H](C)[C@H](C)c2ncc(Cl)cn2)n1-c1c(OC)cccc1OC. The molecule has 0 amide bonds. The third-order valence-corrected chi connectivity index (χ3v) is 8.23. The number of halogens is 1. The highest BCUT2D eigenvalue weighted by Gasteiger charge is 2.32. The van der Waals surface area contributed by atoms with E-state index < -0.39 is 21.2 Å². The highest BCUT2D eigenvalue weighted by atomic mass is 35.5. The smallest absolute Gasteiger partial charge is 0.243 e. The van der Waals surface area contributed by atoms with Gasteiger partial charge >= 0.3 is 0 Å². The van der Waals surface area contributed by atoms with Crippen LogP contribution in [0.2, 0.25) is 5.02 Å². The summed E-state index contributed by atoms with van der Waals surface area (Å²) in [5.74, 6) is 1.54. The van der Waals surface area contributed by atoms with Crippen molar-refractivity contribution in [2.45, 2.75) is 44.8 Å². The van der Waals surface area contributed by atoms with Crippen molar-refractivity contribution in [3.8, 4) is 17.2 Å². The number of rotatable bonds is 13. The van der Waals surface area contributed by atoms with E-state index in [9.17, 15) is 8.42 Å². The molecule has 3 rings (SSSR count). The number of nitrogens with one attached hydrogen (secondary N) is 1. The molecule has 37 heavy (non-hydrogen) atoms. The molecule has 0 unspecified atom stereocenters. The number of ether oxygens (including phenoxy) is 3. The highest BCUT2D eigenvalue weighted by Crippen LogP contribution is 2.36. The molecule has 0 aliphatic rings. The number of para-hydroxylation sites is 1. The van der Waals surface area contributed by atoms with E-state index in [4.69, 9.17) is 25.8 Å². The van der Waals surface area contributed by atoms with E-state index in [2.05, 4.69) is 31.8 Å². The van der Waals surface area contributed by atoms with Gasteiger partial charge in [0.2, 0.25) is 16.0 Å². The lowest BCUT2D eigenvalue weighted by Gasteiger charge is -2.21. The average molecular weight is 553 g/mol. The van der Waals surface area contributed by atoms with Gasteiger partial charge in [-0.1, -0.05) is 31.5 Å². The Hall–Kier alpha value is -2.96.